The number of rotatable bonds is 6. The highest BCUT2D eigenvalue weighted by Gasteiger charge is 2.11. The summed E-state index contributed by atoms with van der Waals surface area (Å²) in [5.74, 6) is -0.118. The minimum atomic E-state index is -0.513. The Morgan fingerprint density at radius 1 is 1.28 bits per heavy atom. The second kappa shape index (κ2) is 8.72. The molecule has 2 aromatic carbocycles. The number of nitrogens with one attached hydrogen (secondary N) is 1. The molecule has 0 unspecified atom stereocenters. The van der Waals surface area contributed by atoms with Crippen molar-refractivity contribution in [2.75, 3.05) is 6.61 Å². The largest absolute Gasteiger partial charge is 0.483 e. The Morgan fingerprint density at radius 2 is 2.04 bits per heavy atom. The van der Waals surface area contributed by atoms with Crippen molar-refractivity contribution in [3.8, 4) is 5.75 Å². The molecule has 0 spiro atoms. The molecule has 0 fully saturated rings. The van der Waals surface area contributed by atoms with Crippen LogP contribution in [0.2, 0.25) is 0 Å². The Balaban J connectivity index is 1.92. The predicted octanol–water partition coefficient (Wildman–Crippen LogP) is 4.04. The van der Waals surface area contributed by atoms with Crippen LogP contribution in [0, 0.1) is 10.1 Å². The first-order valence-electron chi connectivity index (χ1n) is 7.02. The topological polar surface area (TPSA) is 93.8 Å². The average molecular weight is 471 g/mol. The van der Waals surface area contributed by atoms with Crippen LogP contribution < -0.4 is 10.2 Å². The fraction of sp³-hybridized carbons (Fsp3) is 0.125. The van der Waals surface area contributed by atoms with E-state index in [1.807, 2.05) is 24.3 Å². The van der Waals surface area contributed by atoms with Gasteiger partial charge in [-0.15, -0.1) is 0 Å². The molecule has 1 N–H and O–H groups in total. The zero-order chi connectivity index (χ0) is 18.4. The monoisotopic (exact) mass is 469 g/mol. The van der Waals surface area contributed by atoms with Gasteiger partial charge >= 0.3 is 0 Å². The van der Waals surface area contributed by atoms with Crippen LogP contribution in [-0.2, 0) is 4.79 Å². The van der Waals surface area contributed by atoms with E-state index in [0.29, 0.717) is 15.9 Å². The van der Waals surface area contributed by atoms with Gasteiger partial charge in [0.25, 0.3) is 11.6 Å². The number of hydrazone groups is 1. The van der Waals surface area contributed by atoms with Gasteiger partial charge in [-0.25, -0.2) is 5.43 Å². The lowest BCUT2D eigenvalue weighted by atomic mass is 10.1. The van der Waals surface area contributed by atoms with Crippen LogP contribution >= 0.6 is 31.9 Å². The maximum absolute atomic E-state index is 11.8. The number of hydrogen-bond donors (Lipinski definition) is 1. The maximum Gasteiger partial charge on any atom is 0.277 e. The van der Waals surface area contributed by atoms with Crippen LogP contribution in [0.4, 0.5) is 5.69 Å². The van der Waals surface area contributed by atoms with Crippen LogP contribution in [0.3, 0.4) is 0 Å². The third-order valence-corrected chi connectivity index (χ3v) is 4.19. The molecule has 130 valence electrons. The van der Waals surface area contributed by atoms with Crippen molar-refractivity contribution in [1.29, 1.82) is 0 Å². The summed E-state index contributed by atoms with van der Waals surface area (Å²) in [6.45, 7) is 1.50. The third kappa shape index (κ3) is 5.64. The number of nitrogens with zero attached hydrogens (tertiary/aromatic N) is 2. The SMILES string of the molecule is C/C(=N/NC(=O)COc1ccc([N+](=O)[O-])cc1Br)c1cccc(Br)c1. The molecular weight excluding hydrogens is 458 g/mol. The van der Waals surface area contributed by atoms with E-state index in [1.165, 1.54) is 18.2 Å². The molecule has 0 aromatic heterocycles. The minimum Gasteiger partial charge on any atom is -0.483 e. The first kappa shape index (κ1) is 19.1. The van der Waals surface area contributed by atoms with E-state index >= 15 is 0 Å². The van der Waals surface area contributed by atoms with Crippen LogP contribution in [-0.4, -0.2) is 23.1 Å². The van der Waals surface area contributed by atoms with Gasteiger partial charge in [0.15, 0.2) is 6.61 Å². The Bertz CT molecular complexity index is 840. The summed E-state index contributed by atoms with van der Waals surface area (Å²) in [4.78, 5) is 22.0. The van der Waals surface area contributed by atoms with Gasteiger partial charge in [-0.2, -0.15) is 5.10 Å². The van der Waals surface area contributed by atoms with Gasteiger partial charge in [0.1, 0.15) is 5.75 Å². The summed E-state index contributed by atoms with van der Waals surface area (Å²) >= 11 is 6.54. The maximum atomic E-state index is 11.8. The highest BCUT2D eigenvalue weighted by atomic mass is 79.9. The zero-order valence-electron chi connectivity index (χ0n) is 13.0. The number of nitro groups is 1. The van der Waals surface area contributed by atoms with Crippen molar-refractivity contribution in [3.63, 3.8) is 0 Å². The van der Waals surface area contributed by atoms with Crippen molar-refractivity contribution in [3.05, 3.63) is 67.1 Å². The molecule has 0 aliphatic rings. The van der Waals surface area contributed by atoms with E-state index in [9.17, 15) is 14.9 Å². The smallest absolute Gasteiger partial charge is 0.277 e. The molecule has 0 bridgehead atoms. The highest BCUT2D eigenvalue weighted by molar-refractivity contribution is 9.10. The van der Waals surface area contributed by atoms with Gasteiger partial charge in [-0.3, -0.25) is 14.9 Å². The molecule has 0 saturated heterocycles. The molecule has 25 heavy (non-hydrogen) atoms. The van der Waals surface area contributed by atoms with E-state index < -0.39 is 10.8 Å². The Morgan fingerprint density at radius 3 is 2.68 bits per heavy atom. The predicted molar refractivity (Wildman–Crippen MR) is 101 cm³/mol. The van der Waals surface area contributed by atoms with Crippen molar-refractivity contribution >= 4 is 49.2 Å². The molecule has 7 nitrogen and oxygen atoms in total. The molecule has 9 heteroatoms. The number of halogens is 2. The molecule has 2 aromatic rings. The number of benzene rings is 2. The summed E-state index contributed by atoms with van der Waals surface area (Å²) in [5, 5.41) is 14.7. The van der Waals surface area contributed by atoms with Crippen LogP contribution in [0.5, 0.6) is 5.75 Å². The molecular formula is C16H13Br2N3O4. The summed E-state index contributed by atoms with van der Waals surface area (Å²) in [7, 11) is 0. The molecule has 0 aliphatic carbocycles. The molecule has 0 aliphatic heterocycles. The third-order valence-electron chi connectivity index (χ3n) is 3.08. The molecule has 0 atom stereocenters. The van der Waals surface area contributed by atoms with Gasteiger partial charge in [-0.1, -0.05) is 28.1 Å². The van der Waals surface area contributed by atoms with Crippen molar-refractivity contribution < 1.29 is 14.5 Å². The molecule has 1 amide bonds. The summed E-state index contributed by atoms with van der Waals surface area (Å²) < 4.78 is 6.64. The van der Waals surface area contributed by atoms with E-state index in [2.05, 4.69) is 42.4 Å². The van der Waals surface area contributed by atoms with Gasteiger partial charge in [-0.05, 0) is 46.6 Å². The quantitative estimate of drug-likeness (QED) is 0.391. The van der Waals surface area contributed by atoms with E-state index in [1.54, 1.807) is 6.92 Å². The number of carbonyl (C=O) groups excluding carboxylic acids is 1. The van der Waals surface area contributed by atoms with Crippen LogP contribution in [0.25, 0.3) is 0 Å². The lowest BCUT2D eigenvalue weighted by molar-refractivity contribution is -0.384. The Hall–Kier alpha value is -2.26. The standard InChI is InChI=1S/C16H13Br2N3O4/c1-10(11-3-2-4-12(17)7-11)19-20-16(22)9-25-15-6-5-13(21(23)24)8-14(15)18/h2-8H,9H2,1H3,(H,20,22)/b19-10-. The summed E-state index contributed by atoms with van der Waals surface area (Å²) in [5.41, 5.74) is 3.85. The number of nitro benzene ring substituents is 1. The number of hydrogen-bond acceptors (Lipinski definition) is 5. The number of carbonyl (C=O) groups is 1. The summed E-state index contributed by atoms with van der Waals surface area (Å²) in [6, 6.07) is 11.6. The second-order valence-electron chi connectivity index (χ2n) is 4.90. The van der Waals surface area contributed by atoms with Gasteiger partial charge in [0.2, 0.25) is 0 Å². The molecule has 0 saturated carbocycles. The normalized spacial score (nSPS) is 11.1. The Labute approximate surface area is 160 Å². The van der Waals surface area contributed by atoms with E-state index in [4.69, 9.17) is 4.74 Å². The number of non-ortho nitro benzene ring substituents is 1. The molecule has 0 heterocycles. The first-order chi connectivity index (χ1) is 11.9. The lowest BCUT2D eigenvalue weighted by Crippen LogP contribution is -2.25. The van der Waals surface area contributed by atoms with E-state index in [-0.39, 0.29) is 12.3 Å². The van der Waals surface area contributed by atoms with Crippen LogP contribution in [0.1, 0.15) is 12.5 Å². The zero-order valence-corrected chi connectivity index (χ0v) is 16.2. The van der Waals surface area contributed by atoms with E-state index in [0.717, 1.165) is 10.0 Å². The average Bonchev–Trinajstić information content (AvgIpc) is 2.58. The number of amides is 1. The van der Waals surface area contributed by atoms with Gasteiger partial charge < -0.3 is 4.74 Å². The van der Waals surface area contributed by atoms with Crippen molar-refractivity contribution in [2.45, 2.75) is 6.92 Å². The minimum absolute atomic E-state index is 0.0714. The highest BCUT2D eigenvalue weighted by Crippen LogP contribution is 2.28. The fourth-order valence-electron chi connectivity index (χ4n) is 1.82. The van der Waals surface area contributed by atoms with Crippen LogP contribution in [0.15, 0.2) is 56.5 Å². The number of ether oxygens (including phenoxy) is 1. The molecule has 0 radical (unpaired) electrons. The summed E-state index contributed by atoms with van der Waals surface area (Å²) in [6.07, 6.45) is 0. The van der Waals surface area contributed by atoms with Gasteiger partial charge in [0.05, 0.1) is 15.1 Å². The second-order valence-corrected chi connectivity index (χ2v) is 6.67. The molecule has 2 rings (SSSR count). The first-order valence-corrected chi connectivity index (χ1v) is 8.61. The van der Waals surface area contributed by atoms with Crippen molar-refractivity contribution in [1.82, 2.24) is 5.43 Å². The van der Waals surface area contributed by atoms with Crippen molar-refractivity contribution in [2.24, 2.45) is 5.10 Å². The lowest BCUT2D eigenvalue weighted by Gasteiger charge is -2.07. The Kier molecular flexibility index (Phi) is 6.65. The fourth-order valence-corrected chi connectivity index (χ4v) is 2.70. The van der Waals surface area contributed by atoms with Gasteiger partial charge in [0, 0.05) is 16.6 Å².